The molecule has 0 saturated heterocycles. The van der Waals surface area contributed by atoms with E-state index in [1.165, 1.54) is 0 Å². The molecule has 0 aromatic rings. The summed E-state index contributed by atoms with van der Waals surface area (Å²) in [6, 6.07) is 0. The van der Waals surface area contributed by atoms with Gasteiger partial charge in [0.25, 0.3) is 10.1 Å². The number of nitrogens with two attached hydrogens (primary N) is 1. The van der Waals surface area contributed by atoms with Gasteiger partial charge in [0, 0.05) is 18.8 Å². The third-order valence-corrected chi connectivity index (χ3v) is 2.63. The SMILES string of the molecule is NC(CCO)(CCO)CS(=O)(=O)O.[H-].[Na+]. The molecule has 0 radical (unpaired) electrons. The molecule has 0 unspecified atom stereocenters. The second-order valence-electron chi connectivity index (χ2n) is 3.04. The Morgan fingerprint density at radius 3 is 1.79 bits per heavy atom. The zero-order chi connectivity index (χ0) is 10.5. The maximum Gasteiger partial charge on any atom is 1.00 e. The van der Waals surface area contributed by atoms with E-state index in [9.17, 15) is 8.42 Å². The number of hydrogen-bond donors (Lipinski definition) is 4. The van der Waals surface area contributed by atoms with Crippen LogP contribution in [0.4, 0.5) is 0 Å². The Labute approximate surface area is 107 Å². The van der Waals surface area contributed by atoms with E-state index in [2.05, 4.69) is 0 Å². The first kappa shape index (κ1) is 17.2. The summed E-state index contributed by atoms with van der Waals surface area (Å²) in [5, 5.41) is 17.2. The summed E-state index contributed by atoms with van der Waals surface area (Å²) in [6.07, 6.45) is 0.0424. The van der Waals surface area contributed by atoms with Gasteiger partial charge in [-0.25, -0.2) is 0 Å². The molecule has 14 heavy (non-hydrogen) atoms. The first-order valence-electron chi connectivity index (χ1n) is 3.79. The molecule has 8 heteroatoms. The monoisotopic (exact) mass is 237 g/mol. The molecule has 0 saturated carbocycles. The van der Waals surface area contributed by atoms with Crippen molar-refractivity contribution in [1.29, 1.82) is 0 Å². The van der Waals surface area contributed by atoms with E-state index in [-0.39, 0.29) is 57.0 Å². The Hall–Kier alpha value is 0.790. The topological polar surface area (TPSA) is 121 Å². The molecule has 6 nitrogen and oxygen atoms in total. The van der Waals surface area contributed by atoms with E-state index in [1.54, 1.807) is 0 Å². The predicted octanol–water partition coefficient (Wildman–Crippen LogP) is -4.55. The van der Waals surface area contributed by atoms with Crippen molar-refractivity contribution in [2.75, 3.05) is 19.0 Å². The van der Waals surface area contributed by atoms with Gasteiger partial charge in [-0.05, 0) is 12.8 Å². The van der Waals surface area contributed by atoms with Crippen molar-refractivity contribution in [3.8, 4) is 0 Å². The minimum atomic E-state index is -4.17. The van der Waals surface area contributed by atoms with E-state index in [1.807, 2.05) is 0 Å². The van der Waals surface area contributed by atoms with Crippen molar-refractivity contribution in [1.82, 2.24) is 0 Å². The second kappa shape index (κ2) is 7.13. The van der Waals surface area contributed by atoms with Crippen molar-refractivity contribution in [3.63, 3.8) is 0 Å². The first-order chi connectivity index (χ1) is 5.83. The van der Waals surface area contributed by atoms with E-state index in [0.717, 1.165) is 0 Å². The maximum absolute atomic E-state index is 10.5. The minimum absolute atomic E-state index is 0. The predicted molar refractivity (Wildman–Crippen MR) is 47.9 cm³/mol. The third-order valence-electron chi connectivity index (χ3n) is 1.69. The molecule has 0 rings (SSSR count). The zero-order valence-electron chi connectivity index (χ0n) is 9.18. The quantitative estimate of drug-likeness (QED) is 0.273. The van der Waals surface area contributed by atoms with Gasteiger partial charge >= 0.3 is 29.6 Å². The molecule has 0 aromatic heterocycles. The largest absolute Gasteiger partial charge is 1.00 e. The van der Waals surface area contributed by atoms with Crippen LogP contribution in [0.5, 0.6) is 0 Å². The molecule has 5 N–H and O–H groups in total. The van der Waals surface area contributed by atoms with E-state index in [4.69, 9.17) is 20.5 Å². The normalized spacial score (nSPS) is 12.3. The summed E-state index contributed by atoms with van der Waals surface area (Å²) in [5.41, 5.74) is 4.29. The first-order valence-corrected chi connectivity index (χ1v) is 5.40. The van der Waals surface area contributed by atoms with Gasteiger partial charge in [0.1, 0.15) is 0 Å². The Balaban J connectivity index is -0.000000720. The van der Waals surface area contributed by atoms with Crippen LogP contribution < -0.4 is 35.3 Å². The number of aliphatic hydroxyl groups is 2. The minimum Gasteiger partial charge on any atom is -1.00 e. The van der Waals surface area contributed by atoms with Crippen LogP contribution in [0.1, 0.15) is 14.3 Å². The van der Waals surface area contributed by atoms with Crippen LogP contribution >= 0.6 is 0 Å². The van der Waals surface area contributed by atoms with E-state index >= 15 is 0 Å². The number of aliphatic hydroxyl groups excluding tert-OH is 2. The molecular formula is C6H16NNaO5S. The molecule has 82 valence electrons. The molecule has 0 heterocycles. The smallest absolute Gasteiger partial charge is 1.00 e. The van der Waals surface area contributed by atoms with Crippen LogP contribution in [0.2, 0.25) is 0 Å². The van der Waals surface area contributed by atoms with Crippen molar-refractivity contribution in [2.24, 2.45) is 5.73 Å². The molecule has 0 aliphatic heterocycles. The van der Waals surface area contributed by atoms with Crippen molar-refractivity contribution in [3.05, 3.63) is 0 Å². The maximum atomic E-state index is 10.5. The van der Waals surface area contributed by atoms with Crippen molar-refractivity contribution in [2.45, 2.75) is 18.4 Å². The van der Waals surface area contributed by atoms with Crippen LogP contribution in [0, 0.1) is 0 Å². The second-order valence-corrected chi connectivity index (χ2v) is 4.49. The number of hydrogen-bond acceptors (Lipinski definition) is 5. The van der Waals surface area contributed by atoms with Gasteiger partial charge in [0.2, 0.25) is 0 Å². The summed E-state index contributed by atoms with van der Waals surface area (Å²) in [4.78, 5) is 0. The van der Waals surface area contributed by atoms with Crippen molar-refractivity contribution >= 4 is 10.1 Å². The molecule has 0 aliphatic rings. The fraction of sp³-hybridized carbons (Fsp3) is 1.00. The van der Waals surface area contributed by atoms with E-state index in [0.29, 0.717) is 0 Å². The Morgan fingerprint density at radius 1 is 1.21 bits per heavy atom. The van der Waals surface area contributed by atoms with Crippen molar-refractivity contribution < 1.29 is 54.2 Å². The van der Waals surface area contributed by atoms with E-state index < -0.39 is 21.4 Å². The van der Waals surface area contributed by atoms with Gasteiger partial charge in [-0.15, -0.1) is 0 Å². The van der Waals surface area contributed by atoms with Crippen LogP contribution in [0.3, 0.4) is 0 Å². The van der Waals surface area contributed by atoms with Crippen LogP contribution in [-0.2, 0) is 10.1 Å². The molecule has 0 bridgehead atoms. The molecule has 0 spiro atoms. The van der Waals surface area contributed by atoms with Gasteiger partial charge in [-0.1, -0.05) is 0 Å². The Kier molecular flexibility index (Phi) is 8.75. The van der Waals surface area contributed by atoms with Gasteiger partial charge in [-0.3, -0.25) is 4.55 Å². The third kappa shape index (κ3) is 8.13. The molecule has 0 aromatic carbocycles. The fourth-order valence-electron chi connectivity index (χ4n) is 1.08. The standard InChI is InChI=1S/C6H15NO5S.Na.H/c7-6(1-3-8,2-4-9)5-13(10,11)12;;/h8-9H,1-5,7H2,(H,10,11,12);;/q;+1;-1. The van der Waals surface area contributed by atoms with Crippen LogP contribution in [0.15, 0.2) is 0 Å². The average Bonchev–Trinajstić information content (AvgIpc) is 1.82. The fourth-order valence-corrected chi connectivity index (χ4v) is 2.09. The summed E-state index contributed by atoms with van der Waals surface area (Å²) < 4.78 is 29.6. The Bertz CT molecular complexity index is 242. The summed E-state index contributed by atoms with van der Waals surface area (Å²) in [7, 11) is -4.17. The van der Waals surface area contributed by atoms with Crippen LogP contribution in [-0.4, -0.2) is 47.7 Å². The summed E-state index contributed by atoms with van der Waals surface area (Å²) >= 11 is 0. The Morgan fingerprint density at radius 2 is 1.57 bits per heavy atom. The zero-order valence-corrected chi connectivity index (χ0v) is 11.0. The molecule has 0 atom stereocenters. The van der Waals surface area contributed by atoms with Crippen LogP contribution in [0.25, 0.3) is 0 Å². The average molecular weight is 237 g/mol. The molecule has 0 aliphatic carbocycles. The van der Waals surface area contributed by atoms with Gasteiger partial charge < -0.3 is 17.4 Å². The van der Waals surface area contributed by atoms with Gasteiger partial charge in [-0.2, -0.15) is 8.42 Å². The van der Waals surface area contributed by atoms with Gasteiger partial charge in [0.05, 0.1) is 5.75 Å². The summed E-state index contributed by atoms with van der Waals surface area (Å²) in [6.45, 7) is -0.571. The molecular weight excluding hydrogens is 221 g/mol. The van der Waals surface area contributed by atoms with Gasteiger partial charge in [0.15, 0.2) is 0 Å². The molecule has 0 fully saturated rings. The molecule has 0 amide bonds. The number of rotatable bonds is 6. The summed E-state index contributed by atoms with van der Waals surface area (Å²) in [5.74, 6) is -0.652.